The zero-order valence-corrected chi connectivity index (χ0v) is 18.8. The van der Waals surface area contributed by atoms with E-state index in [0.717, 1.165) is 64.1 Å². The first-order chi connectivity index (χ1) is 15.5. The minimum Gasteiger partial charge on any atom is -0.481 e. The van der Waals surface area contributed by atoms with Crippen molar-refractivity contribution < 1.29 is 15.0 Å². The van der Waals surface area contributed by atoms with Crippen LogP contribution in [0.25, 0.3) is 0 Å². The molecule has 1 aromatic heterocycles. The third-order valence-electron chi connectivity index (χ3n) is 7.00. The molecule has 6 heteroatoms. The van der Waals surface area contributed by atoms with E-state index in [1.54, 1.807) is 12.1 Å². The minimum absolute atomic E-state index is 0.491. The molecule has 2 aliphatic heterocycles. The number of carboxylic acids is 1. The van der Waals surface area contributed by atoms with Crippen LogP contribution in [0.1, 0.15) is 61.3 Å². The molecule has 0 radical (unpaired) electrons. The number of nitrogens with one attached hydrogen (secondary N) is 1. The zero-order chi connectivity index (χ0) is 22.4. The van der Waals surface area contributed by atoms with Gasteiger partial charge in [-0.15, -0.1) is 0 Å². The normalized spacial score (nSPS) is 19.0. The van der Waals surface area contributed by atoms with Gasteiger partial charge in [0.2, 0.25) is 0 Å². The summed E-state index contributed by atoms with van der Waals surface area (Å²) in [5.74, 6) is -0.743. The summed E-state index contributed by atoms with van der Waals surface area (Å²) in [6.45, 7) is 3.50. The van der Waals surface area contributed by atoms with Crippen molar-refractivity contribution in [1.82, 2.24) is 9.88 Å². The van der Waals surface area contributed by atoms with Gasteiger partial charge >= 0.3 is 5.97 Å². The van der Waals surface area contributed by atoms with Crippen LogP contribution in [-0.4, -0.2) is 57.8 Å². The number of rotatable bonds is 9. The lowest BCUT2D eigenvalue weighted by Crippen LogP contribution is -2.50. The molecule has 2 aromatic rings. The molecule has 1 saturated heterocycles. The molecule has 0 amide bonds. The molecule has 3 N–H and O–H groups in total. The number of fused-ring (bicyclic) bond motifs is 1. The molecule has 3 heterocycles. The summed E-state index contributed by atoms with van der Waals surface area (Å²) < 4.78 is 0. The first-order valence-electron chi connectivity index (χ1n) is 12.0. The molecule has 1 atom stereocenters. The summed E-state index contributed by atoms with van der Waals surface area (Å²) in [6, 6.07) is 13.5. The molecule has 2 aliphatic rings. The van der Waals surface area contributed by atoms with Gasteiger partial charge in [-0.25, -0.2) is 4.98 Å². The molecule has 32 heavy (non-hydrogen) atoms. The van der Waals surface area contributed by atoms with Gasteiger partial charge in [-0.1, -0.05) is 42.8 Å². The topological polar surface area (TPSA) is 85.7 Å². The van der Waals surface area contributed by atoms with Crippen molar-refractivity contribution in [2.24, 2.45) is 0 Å². The Balaban J connectivity index is 1.19. The Morgan fingerprint density at radius 3 is 2.62 bits per heavy atom. The molecule has 0 spiro atoms. The zero-order valence-electron chi connectivity index (χ0n) is 18.8. The number of aliphatic carboxylic acids is 1. The number of benzene rings is 1. The van der Waals surface area contributed by atoms with Crippen LogP contribution in [-0.2, 0) is 17.6 Å². The molecule has 0 bridgehead atoms. The van der Waals surface area contributed by atoms with Gasteiger partial charge in [0, 0.05) is 25.3 Å². The third kappa shape index (κ3) is 5.48. The number of carbonyl (C=O) groups is 1. The molecule has 1 fully saturated rings. The highest BCUT2D eigenvalue weighted by molar-refractivity contribution is 5.77. The lowest BCUT2D eigenvalue weighted by molar-refractivity contribution is -0.148. The molecule has 0 saturated carbocycles. The maximum absolute atomic E-state index is 11.9. The van der Waals surface area contributed by atoms with Crippen molar-refractivity contribution in [3.8, 4) is 0 Å². The molecule has 0 unspecified atom stereocenters. The second-order valence-corrected chi connectivity index (χ2v) is 9.28. The van der Waals surface area contributed by atoms with Crippen molar-refractivity contribution in [3.05, 3.63) is 59.3 Å². The van der Waals surface area contributed by atoms with Crippen LogP contribution in [0.15, 0.2) is 42.5 Å². The lowest BCUT2D eigenvalue weighted by Gasteiger charge is -2.41. The highest BCUT2D eigenvalue weighted by atomic mass is 16.4. The number of hydrogen-bond donors (Lipinski definition) is 3. The van der Waals surface area contributed by atoms with Crippen molar-refractivity contribution in [2.45, 2.75) is 62.9 Å². The van der Waals surface area contributed by atoms with Gasteiger partial charge in [0.25, 0.3) is 0 Å². The number of nitrogens with zero attached hydrogens (tertiary/aromatic N) is 2. The van der Waals surface area contributed by atoms with Crippen LogP contribution in [0.4, 0.5) is 5.82 Å². The van der Waals surface area contributed by atoms with Gasteiger partial charge in [0.15, 0.2) is 0 Å². The van der Waals surface area contributed by atoms with E-state index in [0.29, 0.717) is 18.4 Å². The van der Waals surface area contributed by atoms with Crippen molar-refractivity contribution >= 4 is 11.8 Å². The van der Waals surface area contributed by atoms with Crippen LogP contribution < -0.4 is 5.32 Å². The van der Waals surface area contributed by atoms with Crippen molar-refractivity contribution in [3.63, 3.8) is 0 Å². The Morgan fingerprint density at radius 2 is 1.88 bits per heavy atom. The first-order valence-corrected chi connectivity index (χ1v) is 12.0. The third-order valence-corrected chi connectivity index (χ3v) is 7.00. The van der Waals surface area contributed by atoms with Crippen molar-refractivity contribution in [2.75, 3.05) is 31.5 Å². The lowest BCUT2D eigenvalue weighted by atomic mass is 9.76. The molecule has 172 valence electrons. The van der Waals surface area contributed by atoms with Gasteiger partial charge in [0.05, 0.1) is 5.60 Å². The summed E-state index contributed by atoms with van der Waals surface area (Å²) >= 11 is 0. The number of aliphatic hydroxyl groups is 1. The maximum Gasteiger partial charge on any atom is 0.313 e. The van der Waals surface area contributed by atoms with Crippen LogP contribution >= 0.6 is 0 Å². The fourth-order valence-corrected chi connectivity index (χ4v) is 5.11. The second-order valence-electron chi connectivity index (χ2n) is 9.28. The number of pyridine rings is 1. The standard InChI is InChI=1S/C26H35N3O3/c30-25(31)23(20-8-3-1-4-9-20)26(32)14-18-29(19-15-26)17-6-2-5-11-22-13-12-21-10-7-16-27-24(21)28-22/h1,3-4,8-9,12-13,23,32H,2,5-7,10-11,14-19H2,(H,27,28)(H,30,31)/t23-/m1/s1. The maximum atomic E-state index is 11.9. The van der Waals surface area contributed by atoms with Crippen LogP contribution in [0.2, 0.25) is 0 Å². The van der Waals surface area contributed by atoms with E-state index in [-0.39, 0.29) is 0 Å². The van der Waals surface area contributed by atoms with Gasteiger partial charge in [-0.05, 0) is 68.7 Å². The number of piperidine rings is 1. The summed E-state index contributed by atoms with van der Waals surface area (Å²) in [7, 11) is 0. The largest absolute Gasteiger partial charge is 0.481 e. The van der Waals surface area contributed by atoms with E-state index in [1.165, 1.54) is 17.7 Å². The Hall–Kier alpha value is -2.44. The fraction of sp³-hybridized carbons (Fsp3) is 0.538. The van der Waals surface area contributed by atoms with E-state index in [4.69, 9.17) is 4.98 Å². The van der Waals surface area contributed by atoms with Crippen LogP contribution in [0, 0.1) is 0 Å². The molecule has 4 rings (SSSR count). The van der Waals surface area contributed by atoms with E-state index in [2.05, 4.69) is 22.3 Å². The Kier molecular flexibility index (Phi) is 7.43. The molecule has 1 aromatic carbocycles. The minimum atomic E-state index is -1.18. The van der Waals surface area contributed by atoms with E-state index < -0.39 is 17.5 Å². The highest BCUT2D eigenvalue weighted by Gasteiger charge is 2.44. The van der Waals surface area contributed by atoms with Gasteiger partial charge in [-0.2, -0.15) is 0 Å². The molecule has 0 aliphatic carbocycles. The number of aromatic nitrogens is 1. The SMILES string of the molecule is O=C(O)[C@@H](c1ccccc1)C1(O)CCN(CCCCCc2ccc3c(n2)NCCC3)CC1. The molecular weight excluding hydrogens is 402 g/mol. The predicted molar refractivity (Wildman–Crippen MR) is 126 cm³/mol. The number of aryl methyl sites for hydroxylation is 2. The van der Waals surface area contributed by atoms with Gasteiger partial charge < -0.3 is 20.4 Å². The summed E-state index contributed by atoms with van der Waals surface area (Å²) in [4.78, 5) is 19.1. The van der Waals surface area contributed by atoms with Crippen LogP contribution in [0.3, 0.4) is 0 Å². The Labute approximate surface area is 190 Å². The average molecular weight is 438 g/mol. The van der Waals surface area contributed by atoms with E-state index in [1.807, 2.05) is 18.2 Å². The molecular formula is C26H35N3O3. The summed E-state index contributed by atoms with van der Waals surface area (Å²) in [5.41, 5.74) is 2.00. The van der Waals surface area contributed by atoms with Crippen LogP contribution in [0.5, 0.6) is 0 Å². The number of carboxylic acid groups (broad SMARTS) is 1. The summed E-state index contributed by atoms with van der Waals surface area (Å²) in [6.07, 6.45) is 7.68. The highest BCUT2D eigenvalue weighted by Crippen LogP contribution is 2.37. The Morgan fingerprint density at radius 1 is 1.09 bits per heavy atom. The number of unbranched alkanes of at least 4 members (excludes halogenated alkanes) is 2. The molecule has 6 nitrogen and oxygen atoms in total. The van der Waals surface area contributed by atoms with Gasteiger partial charge in [-0.3, -0.25) is 4.79 Å². The average Bonchev–Trinajstić information content (AvgIpc) is 2.80. The second kappa shape index (κ2) is 10.5. The van der Waals surface area contributed by atoms with Crippen molar-refractivity contribution in [1.29, 1.82) is 0 Å². The predicted octanol–water partition coefficient (Wildman–Crippen LogP) is 3.85. The van der Waals surface area contributed by atoms with Gasteiger partial charge in [0.1, 0.15) is 11.7 Å². The first kappa shape index (κ1) is 22.7. The Bertz CT molecular complexity index is 894. The summed E-state index contributed by atoms with van der Waals surface area (Å²) in [5, 5.41) is 24.4. The fourth-order valence-electron chi connectivity index (χ4n) is 5.11. The number of hydrogen-bond acceptors (Lipinski definition) is 5. The smallest absolute Gasteiger partial charge is 0.313 e. The van der Waals surface area contributed by atoms with E-state index >= 15 is 0 Å². The number of anilines is 1. The monoisotopic (exact) mass is 437 g/mol. The van der Waals surface area contributed by atoms with E-state index in [9.17, 15) is 15.0 Å². The number of likely N-dealkylation sites (tertiary alicyclic amines) is 1. The quantitative estimate of drug-likeness (QED) is 0.517.